The average Bonchev–Trinajstić information content (AvgIpc) is 2.64. The van der Waals surface area contributed by atoms with Crippen molar-refractivity contribution < 1.29 is 28.7 Å². The Hall–Kier alpha value is -3.10. The third-order valence-electron chi connectivity index (χ3n) is 3.21. The number of likely N-dealkylation sites (N-methyl/N-ethyl adjacent to an activating group) is 1. The highest BCUT2D eigenvalue weighted by Gasteiger charge is 2.16. The van der Waals surface area contributed by atoms with Crippen LogP contribution in [0, 0.1) is 0 Å². The van der Waals surface area contributed by atoms with E-state index in [9.17, 15) is 19.2 Å². The summed E-state index contributed by atoms with van der Waals surface area (Å²) in [6.07, 6.45) is 0. The molecule has 3 amide bonds. The number of benzene rings is 1. The molecule has 9 heteroatoms. The van der Waals surface area contributed by atoms with Gasteiger partial charge in [-0.15, -0.1) is 0 Å². The quantitative estimate of drug-likeness (QED) is 0.512. The van der Waals surface area contributed by atoms with E-state index >= 15 is 0 Å². The van der Waals surface area contributed by atoms with Crippen LogP contribution in [0.1, 0.15) is 24.2 Å². The standard InChI is InChI=1S/C17H23N3O6/c1-4-18-16(23)11(2)20-14(21)10-26-15(22)9-19-17(24)12-6-5-7-13(8-12)25-3/h5-8,11H,4,9-10H2,1-3H3,(H,18,23)(H,19,24)(H,20,21)/t11-/m1/s1. The van der Waals surface area contributed by atoms with E-state index in [0.717, 1.165) is 0 Å². The first-order valence-electron chi connectivity index (χ1n) is 8.02. The van der Waals surface area contributed by atoms with E-state index in [4.69, 9.17) is 9.47 Å². The van der Waals surface area contributed by atoms with Crippen molar-refractivity contribution in [2.24, 2.45) is 0 Å². The number of ether oxygens (including phenoxy) is 2. The van der Waals surface area contributed by atoms with Gasteiger partial charge in [-0.05, 0) is 32.0 Å². The number of methoxy groups -OCH3 is 1. The van der Waals surface area contributed by atoms with Gasteiger partial charge in [0.15, 0.2) is 6.61 Å². The largest absolute Gasteiger partial charge is 0.497 e. The number of hydrogen-bond donors (Lipinski definition) is 3. The molecule has 3 N–H and O–H groups in total. The lowest BCUT2D eigenvalue weighted by molar-refractivity contribution is -0.147. The summed E-state index contributed by atoms with van der Waals surface area (Å²) in [4.78, 5) is 46.7. The second-order valence-electron chi connectivity index (χ2n) is 5.26. The Morgan fingerprint density at radius 3 is 2.54 bits per heavy atom. The molecule has 26 heavy (non-hydrogen) atoms. The summed E-state index contributed by atoms with van der Waals surface area (Å²) in [6.45, 7) is 2.78. The zero-order chi connectivity index (χ0) is 19.5. The van der Waals surface area contributed by atoms with Gasteiger partial charge < -0.3 is 25.4 Å². The van der Waals surface area contributed by atoms with Gasteiger partial charge in [0.1, 0.15) is 18.3 Å². The van der Waals surface area contributed by atoms with Crippen LogP contribution in [0.5, 0.6) is 5.75 Å². The number of hydrogen-bond acceptors (Lipinski definition) is 6. The lowest BCUT2D eigenvalue weighted by Crippen LogP contribution is -2.46. The van der Waals surface area contributed by atoms with E-state index in [-0.39, 0.29) is 5.91 Å². The molecule has 1 atom stereocenters. The fraction of sp³-hybridized carbons (Fsp3) is 0.412. The summed E-state index contributed by atoms with van der Waals surface area (Å²) in [7, 11) is 1.48. The number of nitrogens with one attached hydrogen (secondary N) is 3. The van der Waals surface area contributed by atoms with Gasteiger partial charge in [0.05, 0.1) is 7.11 Å². The maximum Gasteiger partial charge on any atom is 0.325 e. The molecular weight excluding hydrogens is 342 g/mol. The van der Waals surface area contributed by atoms with Crippen LogP contribution in [-0.2, 0) is 19.1 Å². The Bertz CT molecular complexity index is 662. The first kappa shape index (κ1) is 20.9. The Balaban J connectivity index is 2.34. The Morgan fingerprint density at radius 2 is 1.88 bits per heavy atom. The van der Waals surface area contributed by atoms with Crippen LogP contribution >= 0.6 is 0 Å². The summed E-state index contributed by atoms with van der Waals surface area (Å²) in [6, 6.07) is 5.68. The first-order chi connectivity index (χ1) is 12.4. The Kier molecular flexibility index (Phi) is 8.62. The van der Waals surface area contributed by atoms with Gasteiger partial charge in [-0.2, -0.15) is 0 Å². The van der Waals surface area contributed by atoms with Crippen LogP contribution in [0.2, 0.25) is 0 Å². The van der Waals surface area contributed by atoms with Crippen molar-refractivity contribution in [1.29, 1.82) is 0 Å². The highest BCUT2D eigenvalue weighted by Crippen LogP contribution is 2.12. The molecule has 1 rings (SSSR count). The van der Waals surface area contributed by atoms with E-state index in [0.29, 0.717) is 17.9 Å². The monoisotopic (exact) mass is 365 g/mol. The molecule has 9 nitrogen and oxygen atoms in total. The van der Waals surface area contributed by atoms with Crippen molar-refractivity contribution in [3.8, 4) is 5.75 Å². The number of esters is 1. The fourth-order valence-corrected chi connectivity index (χ4v) is 1.89. The van der Waals surface area contributed by atoms with Crippen LogP contribution in [0.3, 0.4) is 0 Å². The number of carbonyl (C=O) groups excluding carboxylic acids is 4. The van der Waals surface area contributed by atoms with Gasteiger partial charge in [0.2, 0.25) is 5.91 Å². The molecule has 0 aliphatic rings. The molecule has 142 valence electrons. The third kappa shape index (κ3) is 7.20. The SMILES string of the molecule is CCNC(=O)[C@@H](C)NC(=O)COC(=O)CNC(=O)c1cccc(OC)c1. The molecule has 1 aromatic carbocycles. The molecule has 0 saturated heterocycles. The molecule has 0 radical (unpaired) electrons. The molecule has 0 fully saturated rings. The number of rotatable bonds is 9. The molecular formula is C17H23N3O6. The molecule has 0 heterocycles. The number of carbonyl (C=O) groups is 4. The minimum absolute atomic E-state index is 0.325. The van der Waals surface area contributed by atoms with Crippen molar-refractivity contribution in [2.45, 2.75) is 19.9 Å². The average molecular weight is 365 g/mol. The lowest BCUT2D eigenvalue weighted by atomic mass is 10.2. The zero-order valence-corrected chi connectivity index (χ0v) is 15.0. The second-order valence-corrected chi connectivity index (χ2v) is 5.26. The van der Waals surface area contributed by atoms with Crippen molar-refractivity contribution in [1.82, 2.24) is 16.0 Å². The molecule has 0 unspecified atom stereocenters. The van der Waals surface area contributed by atoms with Gasteiger partial charge in [-0.25, -0.2) is 0 Å². The van der Waals surface area contributed by atoms with Crippen molar-refractivity contribution in [3.63, 3.8) is 0 Å². The van der Waals surface area contributed by atoms with Crippen LogP contribution in [0.15, 0.2) is 24.3 Å². The summed E-state index contributed by atoms with van der Waals surface area (Å²) < 4.78 is 9.77. The van der Waals surface area contributed by atoms with Gasteiger partial charge in [-0.3, -0.25) is 19.2 Å². The molecule has 0 bridgehead atoms. The molecule has 0 aromatic heterocycles. The topological polar surface area (TPSA) is 123 Å². The molecule has 0 spiro atoms. The Morgan fingerprint density at radius 1 is 1.15 bits per heavy atom. The maximum absolute atomic E-state index is 11.9. The van der Waals surface area contributed by atoms with Gasteiger partial charge in [0, 0.05) is 12.1 Å². The van der Waals surface area contributed by atoms with Gasteiger partial charge in [0.25, 0.3) is 11.8 Å². The summed E-state index contributed by atoms with van der Waals surface area (Å²) in [5.74, 6) is -1.69. The van der Waals surface area contributed by atoms with E-state index < -0.39 is 37.0 Å². The van der Waals surface area contributed by atoms with Gasteiger partial charge >= 0.3 is 5.97 Å². The normalized spacial score (nSPS) is 11.0. The summed E-state index contributed by atoms with van der Waals surface area (Å²) in [5, 5.41) is 7.33. The second kappa shape index (κ2) is 10.7. The van der Waals surface area contributed by atoms with Crippen molar-refractivity contribution >= 4 is 23.7 Å². The predicted molar refractivity (Wildman–Crippen MR) is 92.6 cm³/mol. The van der Waals surface area contributed by atoms with E-state index in [2.05, 4.69) is 16.0 Å². The van der Waals surface area contributed by atoms with E-state index in [1.165, 1.54) is 20.1 Å². The van der Waals surface area contributed by atoms with Crippen LogP contribution in [-0.4, -0.2) is 56.5 Å². The zero-order valence-electron chi connectivity index (χ0n) is 15.0. The van der Waals surface area contributed by atoms with Crippen molar-refractivity contribution in [3.05, 3.63) is 29.8 Å². The highest BCUT2D eigenvalue weighted by molar-refractivity contribution is 5.96. The van der Waals surface area contributed by atoms with Crippen LogP contribution in [0.4, 0.5) is 0 Å². The lowest BCUT2D eigenvalue weighted by Gasteiger charge is -2.13. The third-order valence-corrected chi connectivity index (χ3v) is 3.21. The van der Waals surface area contributed by atoms with Crippen LogP contribution < -0.4 is 20.7 Å². The predicted octanol–water partition coefficient (Wildman–Crippen LogP) is -0.391. The number of amides is 3. The van der Waals surface area contributed by atoms with E-state index in [1.54, 1.807) is 25.1 Å². The van der Waals surface area contributed by atoms with Crippen LogP contribution in [0.25, 0.3) is 0 Å². The summed E-state index contributed by atoms with van der Waals surface area (Å²) >= 11 is 0. The van der Waals surface area contributed by atoms with E-state index in [1.807, 2.05) is 0 Å². The van der Waals surface area contributed by atoms with Gasteiger partial charge in [-0.1, -0.05) is 6.07 Å². The summed E-state index contributed by atoms with van der Waals surface area (Å²) in [5.41, 5.74) is 0.325. The Labute approximate surface area is 151 Å². The fourth-order valence-electron chi connectivity index (χ4n) is 1.89. The minimum Gasteiger partial charge on any atom is -0.497 e. The molecule has 0 aliphatic carbocycles. The first-order valence-corrected chi connectivity index (χ1v) is 8.02. The molecule has 0 aliphatic heterocycles. The molecule has 1 aromatic rings. The highest BCUT2D eigenvalue weighted by atomic mass is 16.5. The minimum atomic E-state index is -0.776. The molecule has 0 saturated carbocycles. The maximum atomic E-state index is 11.9. The smallest absolute Gasteiger partial charge is 0.325 e. The van der Waals surface area contributed by atoms with Crippen molar-refractivity contribution in [2.75, 3.05) is 26.8 Å².